The second-order valence-electron chi connectivity index (χ2n) is 7.22. The fraction of sp³-hybridized carbons (Fsp3) is 0.273. The fourth-order valence-corrected chi connectivity index (χ4v) is 3.34. The van der Waals surface area contributed by atoms with Crippen molar-refractivity contribution in [2.45, 2.75) is 19.8 Å². The number of carbonyl (C=O) groups is 1. The number of aromatic nitrogens is 3. The third-order valence-corrected chi connectivity index (χ3v) is 4.97. The van der Waals surface area contributed by atoms with Crippen molar-refractivity contribution in [3.8, 4) is 11.6 Å². The molecule has 0 unspecified atom stereocenters. The quantitative estimate of drug-likeness (QED) is 0.689. The number of amides is 1. The van der Waals surface area contributed by atoms with Gasteiger partial charge < -0.3 is 15.0 Å². The van der Waals surface area contributed by atoms with E-state index in [1.807, 2.05) is 24.0 Å². The van der Waals surface area contributed by atoms with Gasteiger partial charge >= 0.3 is 0 Å². The van der Waals surface area contributed by atoms with Gasteiger partial charge in [-0.15, -0.1) is 0 Å². The number of anilines is 2. The number of nitrogens with one attached hydrogen (secondary N) is 1. The Kier molecular flexibility index (Phi) is 5.83. The van der Waals surface area contributed by atoms with Crippen molar-refractivity contribution >= 4 is 17.7 Å². The minimum atomic E-state index is -0.323. The highest BCUT2D eigenvalue weighted by atomic mass is 19.1. The number of benzene rings is 1. The molecule has 0 bridgehead atoms. The smallest absolute Gasteiger partial charge is 0.228 e. The Balaban J connectivity index is 1.34. The molecule has 3 aromatic rings. The minimum Gasteiger partial charge on any atom is -0.439 e. The topological polar surface area (TPSA) is 80.2 Å². The Morgan fingerprint density at radius 3 is 2.57 bits per heavy atom. The van der Waals surface area contributed by atoms with E-state index in [-0.39, 0.29) is 17.6 Å². The van der Waals surface area contributed by atoms with Gasteiger partial charge in [-0.3, -0.25) is 4.79 Å². The van der Waals surface area contributed by atoms with Crippen LogP contribution < -0.4 is 15.0 Å². The van der Waals surface area contributed by atoms with Gasteiger partial charge in [-0.2, -0.15) is 4.98 Å². The van der Waals surface area contributed by atoms with E-state index in [4.69, 9.17) is 4.74 Å². The first-order valence-electron chi connectivity index (χ1n) is 9.82. The monoisotopic (exact) mass is 407 g/mol. The Labute approximate surface area is 174 Å². The summed E-state index contributed by atoms with van der Waals surface area (Å²) in [6, 6.07) is 11.2. The van der Waals surface area contributed by atoms with Crippen molar-refractivity contribution in [3.05, 3.63) is 66.2 Å². The van der Waals surface area contributed by atoms with Crippen LogP contribution in [0.25, 0.3) is 0 Å². The van der Waals surface area contributed by atoms with Gasteiger partial charge in [0.1, 0.15) is 17.4 Å². The zero-order chi connectivity index (χ0) is 20.9. The van der Waals surface area contributed by atoms with Crippen molar-refractivity contribution in [3.63, 3.8) is 0 Å². The maximum atomic E-state index is 13.0. The number of rotatable bonds is 5. The summed E-state index contributed by atoms with van der Waals surface area (Å²) in [6.45, 7) is 3.29. The number of ether oxygens (including phenoxy) is 1. The molecular weight excluding hydrogens is 385 g/mol. The van der Waals surface area contributed by atoms with E-state index < -0.39 is 0 Å². The molecule has 0 atom stereocenters. The molecule has 0 spiro atoms. The first-order valence-corrected chi connectivity index (χ1v) is 9.82. The van der Waals surface area contributed by atoms with E-state index in [1.54, 1.807) is 30.6 Å². The molecule has 0 saturated carbocycles. The van der Waals surface area contributed by atoms with Gasteiger partial charge in [-0.25, -0.2) is 14.4 Å². The van der Waals surface area contributed by atoms with Crippen LogP contribution in [0.15, 0.2) is 54.9 Å². The highest BCUT2D eigenvalue weighted by molar-refractivity contribution is 5.91. The maximum absolute atomic E-state index is 13.0. The Morgan fingerprint density at radius 2 is 1.83 bits per heavy atom. The third-order valence-electron chi connectivity index (χ3n) is 4.97. The molecule has 8 heteroatoms. The van der Waals surface area contributed by atoms with Crippen molar-refractivity contribution in [2.24, 2.45) is 5.92 Å². The van der Waals surface area contributed by atoms with Crippen molar-refractivity contribution in [1.29, 1.82) is 0 Å². The molecule has 3 heterocycles. The number of piperidine rings is 1. The molecule has 0 radical (unpaired) electrons. The number of hydrogen-bond donors (Lipinski definition) is 1. The van der Waals surface area contributed by atoms with Crippen molar-refractivity contribution in [2.75, 3.05) is 23.3 Å². The fourth-order valence-electron chi connectivity index (χ4n) is 3.34. The third kappa shape index (κ3) is 4.89. The van der Waals surface area contributed by atoms with Crippen LogP contribution in [0.5, 0.6) is 11.6 Å². The Bertz CT molecular complexity index is 1020. The van der Waals surface area contributed by atoms with E-state index in [2.05, 4.69) is 20.3 Å². The molecule has 1 fully saturated rings. The van der Waals surface area contributed by atoms with E-state index in [1.165, 1.54) is 12.1 Å². The SMILES string of the molecule is Cc1ccnc(NC(=O)C2CCN(c3nccc(Oc4ccc(F)cc4)n3)CC2)c1. The molecule has 30 heavy (non-hydrogen) atoms. The van der Waals surface area contributed by atoms with Crippen LogP contribution in [0.1, 0.15) is 18.4 Å². The normalized spacial score (nSPS) is 14.4. The molecule has 1 saturated heterocycles. The van der Waals surface area contributed by atoms with Crippen molar-refractivity contribution in [1.82, 2.24) is 15.0 Å². The first kappa shape index (κ1) is 19.8. The lowest BCUT2D eigenvalue weighted by Crippen LogP contribution is -2.39. The molecular formula is C22H22FN5O2. The molecule has 1 aliphatic heterocycles. The number of carbonyl (C=O) groups excluding carboxylic acids is 1. The molecule has 1 amide bonds. The molecule has 1 N–H and O–H groups in total. The van der Waals surface area contributed by atoms with E-state index in [0.29, 0.717) is 49.3 Å². The van der Waals surface area contributed by atoms with Gasteiger partial charge in [0.05, 0.1) is 0 Å². The summed E-state index contributed by atoms with van der Waals surface area (Å²) >= 11 is 0. The second-order valence-corrected chi connectivity index (χ2v) is 7.22. The average Bonchev–Trinajstić information content (AvgIpc) is 2.76. The highest BCUT2D eigenvalue weighted by Gasteiger charge is 2.26. The largest absolute Gasteiger partial charge is 0.439 e. The zero-order valence-corrected chi connectivity index (χ0v) is 16.6. The molecule has 1 aromatic carbocycles. The van der Waals surface area contributed by atoms with Gasteiger partial charge in [0.15, 0.2) is 0 Å². The van der Waals surface area contributed by atoms with Crippen LogP contribution in [0.3, 0.4) is 0 Å². The van der Waals surface area contributed by atoms with E-state index >= 15 is 0 Å². The maximum Gasteiger partial charge on any atom is 0.228 e. The lowest BCUT2D eigenvalue weighted by atomic mass is 9.96. The summed E-state index contributed by atoms with van der Waals surface area (Å²) in [5, 5.41) is 2.90. The molecule has 1 aliphatic rings. The van der Waals surface area contributed by atoms with Gasteiger partial charge in [-0.1, -0.05) is 0 Å². The predicted molar refractivity (Wildman–Crippen MR) is 111 cm³/mol. The van der Waals surface area contributed by atoms with Crippen LogP contribution in [0.2, 0.25) is 0 Å². The summed E-state index contributed by atoms with van der Waals surface area (Å²) in [5.41, 5.74) is 1.05. The number of pyridine rings is 1. The molecule has 4 rings (SSSR count). The van der Waals surface area contributed by atoms with Crippen LogP contribution in [-0.4, -0.2) is 33.9 Å². The van der Waals surface area contributed by atoms with E-state index in [9.17, 15) is 9.18 Å². The predicted octanol–water partition coefficient (Wildman–Crippen LogP) is 3.97. The summed E-state index contributed by atoms with van der Waals surface area (Å²) in [7, 11) is 0. The van der Waals surface area contributed by atoms with E-state index in [0.717, 1.165) is 5.56 Å². The average molecular weight is 407 g/mol. The minimum absolute atomic E-state index is 0.0120. The number of halogens is 1. The summed E-state index contributed by atoms with van der Waals surface area (Å²) in [6.07, 6.45) is 4.71. The highest BCUT2D eigenvalue weighted by Crippen LogP contribution is 2.25. The van der Waals surface area contributed by atoms with Crippen LogP contribution in [-0.2, 0) is 4.79 Å². The molecule has 2 aromatic heterocycles. The van der Waals surface area contributed by atoms with Crippen molar-refractivity contribution < 1.29 is 13.9 Å². The van der Waals surface area contributed by atoms with Crippen LogP contribution in [0.4, 0.5) is 16.2 Å². The number of nitrogens with zero attached hydrogens (tertiary/aromatic N) is 4. The lowest BCUT2D eigenvalue weighted by Gasteiger charge is -2.31. The lowest BCUT2D eigenvalue weighted by molar-refractivity contribution is -0.120. The summed E-state index contributed by atoms with van der Waals surface area (Å²) < 4.78 is 18.7. The number of aryl methyl sites for hydroxylation is 1. The molecule has 154 valence electrons. The standard InChI is InChI=1S/C22H22FN5O2/c1-15-6-10-24-19(14-15)26-21(29)16-8-12-28(13-9-16)22-25-11-7-20(27-22)30-18-4-2-17(23)3-5-18/h2-7,10-11,14,16H,8-9,12-13H2,1H3,(H,24,26,29). The van der Waals surface area contributed by atoms with Gasteiger partial charge in [0.25, 0.3) is 0 Å². The summed E-state index contributed by atoms with van der Waals surface area (Å²) in [5.74, 6) is 1.60. The second kappa shape index (κ2) is 8.86. The van der Waals surface area contributed by atoms with Gasteiger partial charge in [0, 0.05) is 37.5 Å². The Hall–Kier alpha value is -3.55. The summed E-state index contributed by atoms with van der Waals surface area (Å²) in [4.78, 5) is 27.6. The number of hydrogen-bond acceptors (Lipinski definition) is 6. The van der Waals surface area contributed by atoms with Crippen LogP contribution >= 0.6 is 0 Å². The zero-order valence-electron chi connectivity index (χ0n) is 16.6. The molecule has 7 nitrogen and oxygen atoms in total. The van der Waals surface area contributed by atoms with Crippen LogP contribution in [0, 0.1) is 18.7 Å². The first-order chi connectivity index (χ1) is 14.6. The molecule has 0 aliphatic carbocycles. The van der Waals surface area contributed by atoms with Gasteiger partial charge in [-0.05, 0) is 61.7 Å². The van der Waals surface area contributed by atoms with Gasteiger partial charge in [0.2, 0.25) is 17.7 Å². The Morgan fingerprint density at radius 1 is 1.10 bits per heavy atom.